The smallest absolute Gasteiger partial charge is 0.211 e. The SMILES string of the molecule is Cc1ccc(CC2(N=C=O)CCCCC2)cc1N=C=O. The number of rotatable bonds is 4. The molecule has 0 unspecified atom stereocenters. The van der Waals surface area contributed by atoms with Crippen LogP contribution < -0.4 is 0 Å². The molecule has 1 aromatic rings. The summed E-state index contributed by atoms with van der Waals surface area (Å²) >= 11 is 0. The van der Waals surface area contributed by atoms with Crippen LogP contribution in [0.25, 0.3) is 0 Å². The molecule has 0 radical (unpaired) electrons. The Morgan fingerprint density at radius 3 is 2.55 bits per heavy atom. The van der Waals surface area contributed by atoms with Gasteiger partial charge in [-0.1, -0.05) is 31.4 Å². The van der Waals surface area contributed by atoms with E-state index in [0.29, 0.717) is 12.1 Å². The van der Waals surface area contributed by atoms with E-state index in [1.54, 1.807) is 12.2 Å². The fourth-order valence-electron chi connectivity index (χ4n) is 2.95. The van der Waals surface area contributed by atoms with Crippen LogP contribution in [0.3, 0.4) is 0 Å². The van der Waals surface area contributed by atoms with Crippen molar-refractivity contribution in [2.45, 2.75) is 51.0 Å². The van der Waals surface area contributed by atoms with E-state index in [1.807, 2.05) is 25.1 Å². The van der Waals surface area contributed by atoms with Gasteiger partial charge < -0.3 is 0 Å². The van der Waals surface area contributed by atoms with Gasteiger partial charge in [0.2, 0.25) is 12.2 Å². The third kappa shape index (κ3) is 3.30. The van der Waals surface area contributed by atoms with Gasteiger partial charge in [-0.25, -0.2) is 9.59 Å². The first kappa shape index (κ1) is 14.4. The average molecular weight is 270 g/mol. The van der Waals surface area contributed by atoms with Crippen molar-refractivity contribution in [3.8, 4) is 0 Å². The first-order valence-electron chi connectivity index (χ1n) is 6.95. The van der Waals surface area contributed by atoms with Crippen LogP contribution in [-0.2, 0) is 16.0 Å². The summed E-state index contributed by atoms with van der Waals surface area (Å²) in [5, 5.41) is 0. The minimum atomic E-state index is -0.322. The summed E-state index contributed by atoms with van der Waals surface area (Å²) in [4.78, 5) is 29.0. The molecule has 1 fully saturated rings. The lowest BCUT2D eigenvalue weighted by molar-refractivity contribution is 0.296. The summed E-state index contributed by atoms with van der Waals surface area (Å²) in [7, 11) is 0. The fraction of sp³-hybridized carbons (Fsp3) is 0.500. The highest BCUT2D eigenvalue weighted by Crippen LogP contribution is 2.35. The predicted octanol–water partition coefficient (Wildman–Crippen LogP) is 3.54. The molecule has 0 aliphatic heterocycles. The van der Waals surface area contributed by atoms with E-state index in [2.05, 4.69) is 9.98 Å². The van der Waals surface area contributed by atoms with E-state index in [0.717, 1.165) is 36.8 Å². The highest BCUT2D eigenvalue weighted by Gasteiger charge is 2.32. The second kappa shape index (κ2) is 6.42. The van der Waals surface area contributed by atoms with Crippen molar-refractivity contribution in [1.29, 1.82) is 0 Å². The first-order valence-corrected chi connectivity index (χ1v) is 6.95. The predicted molar refractivity (Wildman–Crippen MR) is 76.6 cm³/mol. The Morgan fingerprint density at radius 2 is 1.90 bits per heavy atom. The van der Waals surface area contributed by atoms with Crippen molar-refractivity contribution < 1.29 is 9.59 Å². The fourth-order valence-corrected chi connectivity index (χ4v) is 2.95. The molecular weight excluding hydrogens is 252 g/mol. The Balaban J connectivity index is 2.29. The highest BCUT2D eigenvalue weighted by molar-refractivity contribution is 5.54. The number of aryl methyl sites for hydroxylation is 1. The van der Waals surface area contributed by atoms with Crippen LogP contribution in [-0.4, -0.2) is 17.7 Å². The van der Waals surface area contributed by atoms with Crippen LogP contribution in [0.2, 0.25) is 0 Å². The molecule has 2 rings (SSSR count). The molecule has 4 heteroatoms. The second-order valence-electron chi connectivity index (χ2n) is 5.49. The van der Waals surface area contributed by atoms with Gasteiger partial charge in [-0.3, -0.25) is 0 Å². The minimum absolute atomic E-state index is 0.322. The number of nitrogens with zero attached hydrogens (tertiary/aromatic N) is 2. The Morgan fingerprint density at radius 1 is 1.15 bits per heavy atom. The highest BCUT2D eigenvalue weighted by atomic mass is 16.1. The molecule has 0 bridgehead atoms. The molecule has 1 aromatic carbocycles. The lowest BCUT2D eigenvalue weighted by Crippen LogP contribution is -2.32. The molecule has 4 nitrogen and oxygen atoms in total. The van der Waals surface area contributed by atoms with Gasteiger partial charge in [0.05, 0.1) is 11.2 Å². The molecule has 0 heterocycles. The van der Waals surface area contributed by atoms with Crippen molar-refractivity contribution >= 4 is 17.8 Å². The number of hydrogen-bond acceptors (Lipinski definition) is 4. The molecule has 0 N–H and O–H groups in total. The third-order valence-electron chi connectivity index (χ3n) is 4.04. The van der Waals surface area contributed by atoms with E-state index in [9.17, 15) is 9.59 Å². The summed E-state index contributed by atoms with van der Waals surface area (Å²) in [5.41, 5.74) is 2.30. The maximum Gasteiger partial charge on any atom is 0.240 e. The number of hydrogen-bond donors (Lipinski definition) is 0. The third-order valence-corrected chi connectivity index (χ3v) is 4.04. The molecular formula is C16H18N2O2. The van der Waals surface area contributed by atoms with E-state index in [-0.39, 0.29) is 5.54 Å². The van der Waals surface area contributed by atoms with Crippen LogP contribution in [0.5, 0.6) is 0 Å². The summed E-state index contributed by atoms with van der Waals surface area (Å²) in [5.74, 6) is 0. The lowest BCUT2D eigenvalue weighted by atomic mass is 9.78. The summed E-state index contributed by atoms with van der Waals surface area (Å²) in [6, 6.07) is 5.83. The second-order valence-corrected chi connectivity index (χ2v) is 5.49. The van der Waals surface area contributed by atoms with Crippen LogP contribution in [0.15, 0.2) is 28.2 Å². The van der Waals surface area contributed by atoms with Gasteiger partial charge in [-0.05, 0) is 43.4 Å². The Bertz CT molecular complexity index is 576. The number of benzene rings is 1. The number of aliphatic imine (C=N–C) groups is 2. The maximum atomic E-state index is 10.7. The molecule has 0 atom stereocenters. The average Bonchev–Trinajstić information content (AvgIpc) is 2.44. The van der Waals surface area contributed by atoms with Gasteiger partial charge in [0.15, 0.2) is 0 Å². The van der Waals surface area contributed by atoms with Gasteiger partial charge in [0, 0.05) is 0 Å². The van der Waals surface area contributed by atoms with Crippen molar-refractivity contribution in [2.75, 3.05) is 0 Å². The van der Waals surface area contributed by atoms with Gasteiger partial charge >= 0.3 is 0 Å². The van der Waals surface area contributed by atoms with E-state index >= 15 is 0 Å². The summed E-state index contributed by atoms with van der Waals surface area (Å²) < 4.78 is 0. The van der Waals surface area contributed by atoms with Crippen molar-refractivity contribution in [1.82, 2.24) is 0 Å². The minimum Gasteiger partial charge on any atom is -0.211 e. The Hall–Kier alpha value is -2.02. The normalized spacial score (nSPS) is 16.9. The van der Waals surface area contributed by atoms with Gasteiger partial charge in [-0.2, -0.15) is 9.98 Å². The molecule has 104 valence electrons. The van der Waals surface area contributed by atoms with Crippen LogP contribution in [0.4, 0.5) is 5.69 Å². The Labute approximate surface area is 118 Å². The topological polar surface area (TPSA) is 58.9 Å². The van der Waals surface area contributed by atoms with Crippen LogP contribution >= 0.6 is 0 Å². The zero-order chi connectivity index (χ0) is 14.4. The molecule has 1 aliphatic carbocycles. The zero-order valence-electron chi connectivity index (χ0n) is 11.7. The standard InChI is InChI=1S/C16H18N2O2/c1-13-5-6-14(9-15(13)17-11-19)10-16(18-12-20)7-3-2-4-8-16/h5-6,9H,2-4,7-8,10H2,1H3. The van der Waals surface area contributed by atoms with E-state index < -0.39 is 0 Å². The first-order chi connectivity index (χ1) is 9.69. The molecule has 1 saturated carbocycles. The maximum absolute atomic E-state index is 10.7. The largest absolute Gasteiger partial charge is 0.240 e. The molecule has 0 amide bonds. The Kier molecular flexibility index (Phi) is 4.62. The lowest BCUT2D eigenvalue weighted by Gasteiger charge is -2.32. The summed E-state index contributed by atoms with van der Waals surface area (Å²) in [6.07, 6.45) is 9.24. The van der Waals surface area contributed by atoms with Crippen molar-refractivity contribution in [3.63, 3.8) is 0 Å². The van der Waals surface area contributed by atoms with Crippen molar-refractivity contribution in [3.05, 3.63) is 29.3 Å². The van der Waals surface area contributed by atoms with Gasteiger partial charge in [0.1, 0.15) is 0 Å². The molecule has 0 spiro atoms. The van der Waals surface area contributed by atoms with E-state index in [4.69, 9.17) is 0 Å². The van der Waals surface area contributed by atoms with E-state index in [1.165, 1.54) is 6.42 Å². The van der Waals surface area contributed by atoms with Gasteiger partial charge in [-0.15, -0.1) is 0 Å². The summed E-state index contributed by atoms with van der Waals surface area (Å²) in [6.45, 7) is 1.90. The molecule has 0 saturated heterocycles. The number of carbonyl (C=O) groups excluding carboxylic acids is 2. The van der Waals surface area contributed by atoms with Crippen LogP contribution in [0, 0.1) is 6.92 Å². The quantitative estimate of drug-likeness (QED) is 0.620. The molecule has 0 aromatic heterocycles. The monoisotopic (exact) mass is 270 g/mol. The zero-order valence-corrected chi connectivity index (χ0v) is 11.7. The van der Waals surface area contributed by atoms with Gasteiger partial charge in [0.25, 0.3) is 0 Å². The van der Waals surface area contributed by atoms with Crippen LogP contribution in [0.1, 0.15) is 43.2 Å². The van der Waals surface area contributed by atoms with Crippen molar-refractivity contribution in [2.24, 2.45) is 9.98 Å². The number of isocyanates is 2. The molecule has 20 heavy (non-hydrogen) atoms. The molecule has 1 aliphatic rings.